The van der Waals surface area contributed by atoms with Gasteiger partial charge in [0.1, 0.15) is 19.3 Å². The highest BCUT2D eigenvalue weighted by Crippen LogP contribution is 2.45. The predicted octanol–water partition coefficient (Wildman–Crippen LogP) is 23.8. The lowest BCUT2D eigenvalue weighted by Gasteiger charge is -2.21. The Labute approximate surface area is 600 Å². The summed E-state index contributed by atoms with van der Waals surface area (Å²) in [5.41, 5.74) is 0. The molecule has 0 aromatic rings. The minimum atomic E-state index is -4.96. The van der Waals surface area contributed by atoms with Gasteiger partial charge in [-0.3, -0.25) is 37.3 Å². The highest BCUT2D eigenvalue weighted by molar-refractivity contribution is 7.47. The summed E-state index contributed by atoms with van der Waals surface area (Å²) >= 11 is 0. The predicted molar refractivity (Wildman–Crippen MR) is 400 cm³/mol. The van der Waals surface area contributed by atoms with Crippen LogP contribution < -0.4 is 0 Å². The van der Waals surface area contributed by atoms with Crippen LogP contribution in [0, 0.1) is 0 Å². The van der Waals surface area contributed by atoms with E-state index >= 15 is 0 Å². The monoisotopic (exact) mass is 1440 g/mol. The summed E-state index contributed by atoms with van der Waals surface area (Å²) in [6, 6.07) is 0. The molecule has 2 unspecified atom stereocenters. The van der Waals surface area contributed by atoms with Crippen LogP contribution in [-0.4, -0.2) is 96.7 Å². The van der Waals surface area contributed by atoms with Crippen LogP contribution >= 0.6 is 15.6 Å². The van der Waals surface area contributed by atoms with Crippen molar-refractivity contribution in [2.75, 3.05) is 39.6 Å². The molecule has 0 aromatic heterocycles. The van der Waals surface area contributed by atoms with Gasteiger partial charge in [-0.05, 0) is 25.7 Å². The van der Waals surface area contributed by atoms with Gasteiger partial charge >= 0.3 is 39.5 Å². The Kier molecular flexibility index (Phi) is 71.9. The molecule has 0 fully saturated rings. The van der Waals surface area contributed by atoms with E-state index in [-0.39, 0.29) is 25.7 Å². The number of ether oxygens (including phenoxy) is 4. The highest BCUT2D eigenvalue weighted by Gasteiger charge is 2.30. The van der Waals surface area contributed by atoms with Gasteiger partial charge in [0.25, 0.3) is 0 Å². The van der Waals surface area contributed by atoms with Crippen molar-refractivity contribution in [3.63, 3.8) is 0 Å². The normalized spacial score (nSPS) is 13.8. The molecule has 0 rings (SSSR count). The van der Waals surface area contributed by atoms with E-state index in [0.717, 1.165) is 103 Å². The molecule has 0 amide bonds. The maximum atomic E-state index is 13.1. The Bertz CT molecular complexity index is 1860. The molecule has 0 aliphatic carbocycles. The number of carbonyl (C=O) groups is 4. The third kappa shape index (κ3) is 72.4. The van der Waals surface area contributed by atoms with E-state index in [2.05, 4.69) is 27.7 Å². The molecule has 0 spiro atoms. The third-order valence-electron chi connectivity index (χ3n) is 18.6. The minimum Gasteiger partial charge on any atom is -0.462 e. The fourth-order valence-corrected chi connectivity index (χ4v) is 13.9. The summed E-state index contributed by atoms with van der Waals surface area (Å²) in [6.45, 7) is 4.97. The highest BCUT2D eigenvalue weighted by atomic mass is 31.2. The summed E-state index contributed by atoms with van der Waals surface area (Å²) in [5.74, 6) is -2.11. The first-order valence-electron chi connectivity index (χ1n) is 41.3. The summed E-state index contributed by atoms with van der Waals surface area (Å²) in [4.78, 5) is 72.8. The van der Waals surface area contributed by atoms with Crippen LogP contribution in [0.25, 0.3) is 0 Å². The molecule has 0 aromatic carbocycles. The number of unbranched alkanes of at least 4 members (excludes halogenated alkanes) is 54. The van der Waals surface area contributed by atoms with Gasteiger partial charge in [-0.2, -0.15) is 0 Å². The van der Waals surface area contributed by atoms with E-state index in [1.807, 2.05) is 0 Å². The van der Waals surface area contributed by atoms with Crippen molar-refractivity contribution in [3.8, 4) is 0 Å². The lowest BCUT2D eigenvalue weighted by Crippen LogP contribution is -2.30. The Balaban J connectivity index is 5.16. The van der Waals surface area contributed by atoms with Crippen molar-refractivity contribution >= 4 is 39.5 Å². The average Bonchev–Trinajstić information content (AvgIpc) is 0.961. The molecule has 0 radical (unpaired) electrons. The number of hydrogen-bond donors (Lipinski definition) is 3. The zero-order valence-electron chi connectivity index (χ0n) is 63.8. The summed E-state index contributed by atoms with van der Waals surface area (Å²) in [5, 5.41) is 10.6. The number of rotatable bonds is 80. The van der Waals surface area contributed by atoms with Gasteiger partial charge in [-0.15, -0.1) is 0 Å². The lowest BCUT2D eigenvalue weighted by atomic mass is 10.0. The van der Waals surface area contributed by atoms with Gasteiger partial charge in [-0.1, -0.05) is 374 Å². The molecule has 19 heteroatoms. The van der Waals surface area contributed by atoms with Crippen LogP contribution in [-0.2, 0) is 65.4 Å². The van der Waals surface area contributed by atoms with Crippen molar-refractivity contribution in [2.45, 2.75) is 444 Å². The van der Waals surface area contributed by atoms with Gasteiger partial charge in [0.05, 0.1) is 26.4 Å². The number of aliphatic hydroxyl groups is 1. The first kappa shape index (κ1) is 96.1. The summed E-state index contributed by atoms with van der Waals surface area (Å²) < 4.78 is 68.5. The minimum absolute atomic E-state index is 0.108. The second kappa shape index (κ2) is 73.4. The second-order valence-corrected chi connectivity index (χ2v) is 31.4. The lowest BCUT2D eigenvalue weighted by molar-refractivity contribution is -0.161. The van der Waals surface area contributed by atoms with Crippen LogP contribution in [0.4, 0.5) is 0 Å². The van der Waals surface area contributed by atoms with Gasteiger partial charge in [0, 0.05) is 25.7 Å². The number of aliphatic hydroxyl groups excluding tert-OH is 1. The first-order chi connectivity index (χ1) is 47.7. The molecular formula is C79H154O17P2. The molecule has 3 N–H and O–H groups in total. The Morgan fingerprint density at radius 3 is 0.602 bits per heavy atom. The molecule has 582 valence electrons. The Morgan fingerprint density at radius 1 is 0.245 bits per heavy atom. The van der Waals surface area contributed by atoms with Crippen LogP contribution in [0.5, 0.6) is 0 Å². The topological polar surface area (TPSA) is 237 Å². The van der Waals surface area contributed by atoms with E-state index in [4.69, 9.17) is 37.0 Å². The molecule has 5 atom stereocenters. The van der Waals surface area contributed by atoms with Crippen molar-refractivity contribution < 1.29 is 80.2 Å². The van der Waals surface area contributed by atoms with Crippen molar-refractivity contribution in [3.05, 3.63) is 0 Å². The Morgan fingerprint density at radius 2 is 0.408 bits per heavy atom. The molecule has 17 nitrogen and oxygen atoms in total. The molecule has 98 heavy (non-hydrogen) atoms. The fraction of sp³-hybridized carbons (Fsp3) is 0.949. The quantitative estimate of drug-likeness (QED) is 0.0222. The molecule has 0 aliphatic rings. The smallest absolute Gasteiger partial charge is 0.462 e. The average molecular weight is 1440 g/mol. The summed E-state index contributed by atoms with van der Waals surface area (Å²) in [7, 11) is -9.91. The SMILES string of the molecule is CCCCCCCCCCCCCCCCCCCCCCCC(=O)O[C@H](COC(=O)CCCCCCCCCCCCCCCCC)COP(=O)(O)OC[C@@H](O)COP(=O)(O)OC[C@@H](COC(=O)CCCCCCCCC)OC(=O)CCCCCCCCCCCCCCCCC. The standard InChI is InChI=1S/C79H154O17P2/c1-5-9-13-17-21-24-27-30-33-34-35-36-37-38-41-44-47-50-54-58-62-66-79(84)96-75(70-90-77(82)64-60-56-52-48-45-42-39-31-28-25-22-18-14-10-6-2)72-94-98(87,88)92-68-73(80)67-91-97(85,86)93-71-74(69-89-76(81)63-59-55-51-20-16-12-8-4)95-78(83)65-61-57-53-49-46-43-40-32-29-26-23-19-15-11-7-3/h73-75,80H,5-72H2,1-4H3,(H,85,86)(H,87,88)/t73-,74+,75+/m0/s1. The summed E-state index contributed by atoms with van der Waals surface area (Å²) in [6.07, 6.45) is 65.4. The molecular weight excluding hydrogens is 1280 g/mol. The van der Waals surface area contributed by atoms with Crippen LogP contribution in [0.15, 0.2) is 0 Å². The number of phosphoric ester groups is 2. The maximum absolute atomic E-state index is 13.1. The molecule has 0 heterocycles. The zero-order valence-corrected chi connectivity index (χ0v) is 65.6. The van der Waals surface area contributed by atoms with Crippen molar-refractivity contribution in [1.82, 2.24) is 0 Å². The maximum Gasteiger partial charge on any atom is 0.472 e. The van der Waals surface area contributed by atoms with E-state index in [1.165, 1.54) is 244 Å². The van der Waals surface area contributed by atoms with E-state index in [1.54, 1.807) is 0 Å². The van der Waals surface area contributed by atoms with Crippen LogP contribution in [0.2, 0.25) is 0 Å². The third-order valence-corrected chi connectivity index (χ3v) is 20.5. The van der Waals surface area contributed by atoms with Gasteiger partial charge in [-0.25, -0.2) is 9.13 Å². The number of esters is 4. The first-order valence-corrected chi connectivity index (χ1v) is 44.3. The Hall–Kier alpha value is -1.94. The molecule has 0 saturated heterocycles. The largest absolute Gasteiger partial charge is 0.472 e. The number of phosphoric acid groups is 2. The number of hydrogen-bond acceptors (Lipinski definition) is 15. The van der Waals surface area contributed by atoms with E-state index in [0.29, 0.717) is 25.7 Å². The van der Waals surface area contributed by atoms with Crippen LogP contribution in [0.1, 0.15) is 426 Å². The van der Waals surface area contributed by atoms with Gasteiger partial charge in [0.2, 0.25) is 0 Å². The number of carbonyl (C=O) groups excluding carboxylic acids is 4. The molecule has 0 bridgehead atoms. The molecule has 0 saturated carbocycles. The second-order valence-electron chi connectivity index (χ2n) is 28.5. The zero-order chi connectivity index (χ0) is 71.8. The molecule has 0 aliphatic heterocycles. The fourth-order valence-electron chi connectivity index (χ4n) is 12.3. The van der Waals surface area contributed by atoms with E-state index < -0.39 is 97.5 Å². The van der Waals surface area contributed by atoms with Crippen LogP contribution in [0.3, 0.4) is 0 Å². The van der Waals surface area contributed by atoms with Gasteiger partial charge in [0.15, 0.2) is 12.2 Å². The van der Waals surface area contributed by atoms with E-state index in [9.17, 15) is 43.2 Å². The van der Waals surface area contributed by atoms with Crippen molar-refractivity contribution in [1.29, 1.82) is 0 Å². The van der Waals surface area contributed by atoms with Gasteiger partial charge < -0.3 is 33.8 Å². The van der Waals surface area contributed by atoms with Crippen molar-refractivity contribution in [2.24, 2.45) is 0 Å².